The van der Waals surface area contributed by atoms with Crippen molar-refractivity contribution in [3.8, 4) is 0 Å². The zero-order chi connectivity index (χ0) is 21.9. The van der Waals surface area contributed by atoms with Crippen LogP contribution in [-0.2, 0) is 4.79 Å². The zero-order valence-corrected chi connectivity index (χ0v) is 22.9. The molecule has 0 saturated carbocycles. The van der Waals surface area contributed by atoms with Gasteiger partial charge in [0.25, 0.3) is 0 Å². The second kappa shape index (κ2) is 22.5. The summed E-state index contributed by atoms with van der Waals surface area (Å²) in [7, 11) is 0. The maximum absolute atomic E-state index is 11.0. The smallest absolute Gasteiger partial charge is 0.870 e. The van der Waals surface area contributed by atoms with Gasteiger partial charge in [-0.1, -0.05) is 90.0 Å². The van der Waals surface area contributed by atoms with Crippen LogP contribution in [-0.4, -0.2) is 64.8 Å². The first-order valence-corrected chi connectivity index (χ1v) is 12.5. The third-order valence-electron chi connectivity index (χ3n) is 6.31. The molecule has 32 heavy (non-hydrogen) atoms. The number of rotatable bonds is 20. The summed E-state index contributed by atoms with van der Waals surface area (Å²) in [6.45, 7) is 4.91. The Hall–Kier alpha value is -0.240. The quantitative estimate of drug-likeness (QED) is 0.165. The van der Waals surface area contributed by atoms with E-state index in [-0.39, 0.29) is 48.1 Å². The summed E-state index contributed by atoms with van der Waals surface area (Å²) in [5.74, 6) is 0.160. The minimum absolute atomic E-state index is 0. The minimum atomic E-state index is -0.785. The first kappa shape index (κ1) is 33.9. The van der Waals surface area contributed by atoms with E-state index in [1.54, 1.807) is 0 Å². The molecule has 0 saturated heterocycles. The molecule has 6 nitrogen and oxygen atoms in total. The Kier molecular flexibility index (Phi) is 23.9. The summed E-state index contributed by atoms with van der Waals surface area (Å²) in [6, 6.07) is 0. The van der Waals surface area contributed by atoms with Gasteiger partial charge < -0.3 is 15.7 Å². The Morgan fingerprint density at radius 3 is 1.97 bits per heavy atom. The summed E-state index contributed by atoms with van der Waals surface area (Å²) < 4.78 is 0.512. The van der Waals surface area contributed by atoms with E-state index in [1.165, 1.54) is 83.5 Å². The number of aliphatic hydroxyl groups excluding tert-OH is 1. The second-order valence-corrected chi connectivity index (χ2v) is 8.86. The number of aliphatic imine (C=N–C) groups is 1. The van der Waals surface area contributed by atoms with Gasteiger partial charge in [-0.2, -0.15) is 0 Å². The molecule has 1 rings (SSSR count). The van der Waals surface area contributed by atoms with E-state index in [2.05, 4.69) is 24.1 Å². The summed E-state index contributed by atoms with van der Waals surface area (Å²) in [6.07, 6.45) is 23.2. The van der Waals surface area contributed by atoms with Crippen molar-refractivity contribution < 1.29 is 54.5 Å². The molecule has 0 spiro atoms. The largest absolute Gasteiger partial charge is 1.00 e. The molecule has 182 valence electrons. The van der Waals surface area contributed by atoms with Crippen molar-refractivity contribution in [2.75, 3.05) is 32.8 Å². The van der Waals surface area contributed by atoms with Crippen LogP contribution in [0.25, 0.3) is 0 Å². The molecule has 3 N–H and O–H groups in total. The Labute approximate surface area is 218 Å². The van der Waals surface area contributed by atoms with Crippen LogP contribution in [0.1, 0.15) is 103 Å². The van der Waals surface area contributed by atoms with Crippen LogP contribution in [0.2, 0.25) is 0 Å². The molecule has 1 atom stereocenters. The van der Waals surface area contributed by atoms with E-state index >= 15 is 0 Å². The minimum Gasteiger partial charge on any atom is -0.870 e. The van der Waals surface area contributed by atoms with Crippen molar-refractivity contribution in [3.63, 3.8) is 0 Å². The van der Waals surface area contributed by atoms with Gasteiger partial charge in [-0.15, -0.1) is 0 Å². The number of quaternary nitrogens is 1. The van der Waals surface area contributed by atoms with Gasteiger partial charge in [-0.05, 0) is 12.8 Å². The predicted molar refractivity (Wildman–Crippen MR) is 128 cm³/mol. The Morgan fingerprint density at radius 1 is 0.938 bits per heavy atom. The Balaban J connectivity index is 0. The zero-order valence-electron chi connectivity index (χ0n) is 20.9. The molecule has 0 radical (unpaired) electrons. The molecule has 1 aliphatic heterocycles. The number of nitrogens with zero attached hydrogens (tertiary/aromatic N) is 2. The molecule has 7 heteroatoms. The number of carboxylic acid groups (broad SMARTS) is 1. The normalized spacial score (nSPS) is 17.8. The SMILES string of the molecule is CCCCCCCCCCCCCCC/C=C/C1=NCC[N+]1(CCO)CCC(=O)O.[Na+].[OH-]. The molecule has 0 aromatic rings. The molecule has 1 aliphatic rings. The van der Waals surface area contributed by atoms with Crippen LogP contribution < -0.4 is 29.6 Å². The number of unbranched alkanes of at least 4 members (excludes halogenated alkanes) is 13. The maximum Gasteiger partial charge on any atom is 1.00 e. The van der Waals surface area contributed by atoms with Crippen LogP contribution in [0.4, 0.5) is 0 Å². The van der Waals surface area contributed by atoms with Crippen molar-refractivity contribution in [2.24, 2.45) is 4.99 Å². The standard InChI is InChI=1S/C25H46N2O3.Na.H2O/c1-2-3-4-5-6-7-8-9-10-11-12-13-14-15-16-17-24-26-19-21-27(24,22-23-28)20-18-25(29)30;;/h16-17,28H,2-15,18-23H2,1H3;;1H2/q;+1;/b17-16+;;. The van der Waals surface area contributed by atoms with Gasteiger partial charge in [0, 0.05) is 6.08 Å². The molecule has 1 heterocycles. The maximum atomic E-state index is 11.0. The van der Waals surface area contributed by atoms with Crippen molar-refractivity contribution in [1.82, 2.24) is 0 Å². The number of hydrogen-bond acceptors (Lipinski definition) is 4. The summed E-state index contributed by atoms with van der Waals surface area (Å²) in [5, 5.41) is 18.5. The molecule has 1 unspecified atom stereocenters. The van der Waals surface area contributed by atoms with E-state index in [9.17, 15) is 9.90 Å². The summed E-state index contributed by atoms with van der Waals surface area (Å²) in [5.41, 5.74) is 0. The number of aliphatic carboxylic acids is 1. The third kappa shape index (κ3) is 15.6. The van der Waals surface area contributed by atoms with Crippen molar-refractivity contribution >= 4 is 11.8 Å². The topological polar surface area (TPSA) is 99.9 Å². The molecule has 0 fully saturated rings. The molecular formula is C25H48N2NaO4+. The number of allylic oxidation sites excluding steroid dienone is 1. The van der Waals surface area contributed by atoms with E-state index in [0.717, 1.165) is 25.3 Å². The molecule has 0 amide bonds. The van der Waals surface area contributed by atoms with E-state index in [1.807, 2.05) is 0 Å². The Bertz CT molecular complexity index is 514. The number of amidine groups is 1. The second-order valence-electron chi connectivity index (χ2n) is 8.86. The third-order valence-corrected chi connectivity index (χ3v) is 6.31. The van der Waals surface area contributed by atoms with Crippen LogP contribution in [0, 0.1) is 0 Å². The van der Waals surface area contributed by atoms with Gasteiger partial charge in [-0.25, -0.2) is 4.99 Å². The first-order chi connectivity index (χ1) is 14.6. The number of carbonyl (C=O) groups is 1. The fraction of sp³-hybridized carbons (Fsp3) is 0.840. The average Bonchev–Trinajstić information content (AvgIpc) is 3.12. The monoisotopic (exact) mass is 463 g/mol. The van der Waals surface area contributed by atoms with Crippen molar-refractivity contribution in [3.05, 3.63) is 12.2 Å². The Morgan fingerprint density at radius 2 is 1.47 bits per heavy atom. The molecular weight excluding hydrogens is 415 g/mol. The van der Waals surface area contributed by atoms with Crippen LogP contribution in [0.15, 0.2) is 17.1 Å². The van der Waals surface area contributed by atoms with E-state index in [0.29, 0.717) is 17.6 Å². The predicted octanol–water partition coefficient (Wildman–Crippen LogP) is 2.55. The van der Waals surface area contributed by atoms with Gasteiger partial charge in [0.1, 0.15) is 13.1 Å². The van der Waals surface area contributed by atoms with Crippen LogP contribution in [0.3, 0.4) is 0 Å². The fourth-order valence-corrected chi connectivity index (χ4v) is 4.37. The van der Waals surface area contributed by atoms with Crippen molar-refractivity contribution in [1.29, 1.82) is 0 Å². The molecule has 0 aromatic carbocycles. The first-order valence-electron chi connectivity index (χ1n) is 12.5. The number of hydrogen-bond donors (Lipinski definition) is 2. The van der Waals surface area contributed by atoms with Crippen LogP contribution >= 0.6 is 0 Å². The van der Waals surface area contributed by atoms with Gasteiger partial charge in [0.15, 0.2) is 0 Å². The van der Waals surface area contributed by atoms with Crippen LogP contribution in [0.5, 0.6) is 0 Å². The van der Waals surface area contributed by atoms with Gasteiger partial charge in [0.2, 0.25) is 5.84 Å². The average molecular weight is 464 g/mol. The van der Waals surface area contributed by atoms with Gasteiger partial charge in [-0.3, -0.25) is 9.28 Å². The van der Waals surface area contributed by atoms with E-state index < -0.39 is 5.97 Å². The summed E-state index contributed by atoms with van der Waals surface area (Å²) >= 11 is 0. The number of carboxylic acids is 1. The molecule has 0 bridgehead atoms. The number of aliphatic hydroxyl groups is 1. The fourth-order valence-electron chi connectivity index (χ4n) is 4.37. The van der Waals surface area contributed by atoms with Gasteiger partial charge >= 0.3 is 35.5 Å². The summed E-state index contributed by atoms with van der Waals surface area (Å²) in [4.78, 5) is 15.6. The molecule has 0 aromatic heterocycles. The van der Waals surface area contributed by atoms with E-state index in [4.69, 9.17) is 5.11 Å². The van der Waals surface area contributed by atoms with Crippen molar-refractivity contribution in [2.45, 2.75) is 103 Å². The molecule has 0 aliphatic carbocycles. The van der Waals surface area contributed by atoms with Gasteiger partial charge in [0.05, 0.1) is 26.1 Å².